The zero-order valence-electron chi connectivity index (χ0n) is 5.98. The number of rotatable bonds is 2. The molecular formula is C6H8N2O2S. The molecule has 0 fully saturated rings. The van der Waals surface area contributed by atoms with Crippen molar-refractivity contribution in [1.29, 1.82) is 0 Å². The first-order valence-corrected chi connectivity index (χ1v) is 3.85. The summed E-state index contributed by atoms with van der Waals surface area (Å²) >= 11 is 1.34. The van der Waals surface area contributed by atoms with E-state index in [9.17, 15) is 4.79 Å². The van der Waals surface area contributed by atoms with Gasteiger partial charge in [-0.2, -0.15) is 0 Å². The van der Waals surface area contributed by atoms with E-state index in [4.69, 9.17) is 5.73 Å². The number of carbonyl (C=O) groups excluding carboxylic acids is 1. The van der Waals surface area contributed by atoms with Crippen LogP contribution < -0.4 is 5.73 Å². The lowest BCUT2D eigenvalue weighted by atomic mass is 10.3. The lowest BCUT2D eigenvalue weighted by molar-refractivity contribution is -0.142. The number of carbonyl (C=O) groups is 1. The molecule has 60 valence electrons. The molecule has 0 aliphatic carbocycles. The Morgan fingerprint density at radius 3 is 3.09 bits per heavy atom. The predicted octanol–water partition coefficient (Wildman–Crippen LogP) is 0.316. The number of methoxy groups -OCH3 is 1. The van der Waals surface area contributed by atoms with Gasteiger partial charge in [-0.05, 0) is 0 Å². The van der Waals surface area contributed by atoms with Crippen molar-refractivity contribution in [1.82, 2.24) is 4.98 Å². The van der Waals surface area contributed by atoms with Gasteiger partial charge in [0, 0.05) is 6.20 Å². The van der Waals surface area contributed by atoms with Crippen LogP contribution in [0.1, 0.15) is 10.9 Å². The van der Waals surface area contributed by atoms with Crippen LogP contribution in [0.3, 0.4) is 0 Å². The summed E-state index contributed by atoms with van der Waals surface area (Å²) in [4.78, 5) is 15.4. The molecule has 1 aromatic rings. The molecule has 0 bridgehead atoms. The molecule has 1 aromatic heterocycles. The van der Waals surface area contributed by atoms with Crippen LogP contribution >= 0.6 is 11.3 Å². The predicted molar refractivity (Wildman–Crippen MR) is 41.1 cm³/mol. The van der Waals surface area contributed by atoms with Gasteiger partial charge in [-0.1, -0.05) is 0 Å². The molecule has 0 saturated heterocycles. The molecule has 5 heteroatoms. The molecule has 11 heavy (non-hydrogen) atoms. The maximum absolute atomic E-state index is 10.8. The monoisotopic (exact) mass is 172 g/mol. The fourth-order valence-corrected chi connectivity index (χ4v) is 1.23. The number of esters is 1. The summed E-state index contributed by atoms with van der Waals surface area (Å²) in [5.74, 6) is -0.436. The smallest absolute Gasteiger partial charge is 0.328 e. The molecule has 2 N–H and O–H groups in total. The first kappa shape index (κ1) is 8.16. The second-order valence-electron chi connectivity index (χ2n) is 1.90. The van der Waals surface area contributed by atoms with Crippen molar-refractivity contribution in [2.45, 2.75) is 6.04 Å². The molecule has 0 aliphatic rings. The Morgan fingerprint density at radius 1 is 1.91 bits per heavy atom. The Morgan fingerprint density at radius 2 is 2.64 bits per heavy atom. The molecule has 1 unspecified atom stereocenters. The van der Waals surface area contributed by atoms with Crippen LogP contribution in [-0.4, -0.2) is 18.1 Å². The highest BCUT2D eigenvalue weighted by molar-refractivity contribution is 7.09. The third-order valence-electron chi connectivity index (χ3n) is 1.21. The van der Waals surface area contributed by atoms with Crippen LogP contribution in [0.25, 0.3) is 0 Å². The van der Waals surface area contributed by atoms with Gasteiger partial charge in [-0.25, -0.2) is 4.79 Å². The van der Waals surface area contributed by atoms with Gasteiger partial charge in [0.25, 0.3) is 0 Å². The van der Waals surface area contributed by atoms with Gasteiger partial charge in [0.2, 0.25) is 0 Å². The first-order valence-electron chi connectivity index (χ1n) is 2.97. The molecule has 0 spiro atoms. The average Bonchev–Trinajstić information content (AvgIpc) is 2.53. The van der Waals surface area contributed by atoms with Crippen molar-refractivity contribution in [3.63, 3.8) is 0 Å². The highest BCUT2D eigenvalue weighted by Crippen LogP contribution is 2.15. The van der Waals surface area contributed by atoms with E-state index in [1.807, 2.05) is 0 Å². The highest BCUT2D eigenvalue weighted by Gasteiger charge is 2.16. The van der Waals surface area contributed by atoms with E-state index >= 15 is 0 Å². The maximum Gasteiger partial charge on any atom is 0.328 e. The quantitative estimate of drug-likeness (QED) is 0.652. The van der Waals surface area contributed by atoms with Gasteiger partial charge in [0.15, 0.2) is 0 Å². The summed E-state index contributed by atoms with van der Waals surface area (Å²) in [6.07, 6.45) is 1.56. The Bertz CT molecular complexity index is 235. The summed E-state index contributed by atoms with van der Waals surface area (Å²) in [6, 6.07) is -0.688. The molecule has 1 rings (SSSR count). The number of nitrogens with two attached hydrogens (primary N) is 1. The fraction of sp³-hybridized carbons (Fsp3) is 0.333. The lowest BCUT2D eigenvalue weighted by Gasteiger charge is -2.04. The number of hydrogen-bond donors (Lipinski definition) is 1. The summed E-state index contributed by atoms with van der Waals surface area (Å²) in [5, 5.41) is 0. The van der Waals surface area contributed by atoms with E-state index in [0.29, 0.717) is 0 Å². The first-order chi connectivity index (χ1) is 5.25. The van der Waals surface area contributed by atoms with Crippen LogP contribution in [0, 0.1) is 0 Å². The Hall–Kier alpha value is -0.940. The summed E-state index contributed by atoms with van der Waals surface area (Å²) in [5.41, 5.74) is 7.11. The zero-order chi connectivity index (χ0) is 8.27. The van der Waals surface area contributed by atoms with Crippen molar-refractivity contribution in [2.75, 3.05) is 7.11 Å². The van der Waals surface area contributed by atoms with Gasteiger partial charge < -0.3 is 10.5 Å². The van der Waals surface area contributed by atoms with Crippen LogP contribution in [-0.2, 0) is 9.53 Å². The largest absolute Gasteiger partial charge is 0.468 e. The van der Waals surface area contributed by atoms with Gasteiger partial charge in [-0.15, -0.1) is 11.3 Å². The van der Waals surface area contributed by atoms with Crippen LogP contribution in [0.15, 0.2) is 11.7 Å². The number of thiazole rings is 1. The Kier molecular flexibility index (Phi) is 2.56. The van der Waals surface area contributed by atoms with E-state index in [1.165, 1.54) is 18.4 Å². The molecule has 0 radical (unpaired) electrons. The number of nitrogens with zero attached hydrogens (tertiary/aromatic N) is 1. The lowest BCUT2D eigenvalue weighted by Crippen LogP contribution is -2.21. The van der Waals surface area contributed by atoms with Crippen molar-refractivity contribution >= 4 is 17.3 Å². The molecule has 0 amide bonds. The number of ether oxygens (including phenoxy) is 1. The minimum Gasteiger partial charge on any atom is -0.468 e. The highest BCUT2D eigenvalue weighted by atomic mass is 32.1. The van der Waals surface area contributed by atoms with E-state index in [0.717, 1.165) is 4.88 Å². The Labute approximate surface area is 68.0 Å². The van der Waals surface area contributed by atoms with Crippen molar-refractivity contribution < 1.29 is 9.53 Å². The zero-order valence-corrected chi connectivity index (χ0v) is 6.80. The van der Waals surface area contributed by atoms with Gasteiger partial charge in [-0.3, -0.25) is 4.98 Å². The van der Waals surface area contributed by atoms with E-state index in [-0.39, 0.29) is 0 Å². The molecule has 4 nitrogen and oxygen atoms in total. The molecule has 0 saturated carbocycles. The van der Waals surface area contributed by atoms with E-state index in [1.54, 1.807) is 11.7 Å². The maximum atomic E-state index is 10.8. The third-order valence-corrected chi connectivity index (χ3v) is 2.07. The molecule has 1 heterocycles. The van der Waals surface area contributed by atoms with Crippen LogP contribution in [0.2, 0.25) is 0 Å². The minimum atomic E-state index is -0.688. The van der Waals surface area contributed by atoms with Crippen molar-refractivity contribution in [3.8, 4) is 0 Å². The van der Waals surface area contributed by atoms with Crippen molar-refractivity contribution in [3.05, 3.63) is 16.6 Å². The Balaban J connectivity index is 2.70. The van der Waals surface area contributed by atoms with Crippen LogP contribution in [0.5, 0.6) is 0 Å². The summed E-state index contributed by atoms with van der Waals surface area (Å²) < 4.78 is 4.45. The SMILES string of the molecule is COC(=O)C(N)c1cncs1. The molecule has 0 aliphatic heterocycles. The van der Waals surface area contributed by atoms with Gasteiger partial charge >= 0.3 is 5.97 Å². The molecular weight excluding hydrogens is 164 g/mol. The fourth-order valence-electron chi connectivity index (χ4n) is 0.622. The topological polar surface area (TPSA) is 65.2 Å². The molecule has 0 aromatic carbocycles. The summed E-state index contributed by atoms with van der Waals surface area (Å²) in [7, 11) is 1.31. The second-order valence-corrected chi connectivity index (χ2v) is 2.82. The van der Waals surface area contributed by atoms with E-state index in [2.05, 4.69) is 9.72 Å². The molecule has 1 atom stereocenters. The van der Waals surface area contributed by atoms with Crippen molar-refractivity contribution in [2.24, 2.45) is 5.73 Å². The number of aromatic nitrogens is 1. The summed E-state index contributed by atoms with van der Waals surface area (Å²) in [6.45, 7) is 0. The minimum absolute atomic E-state index is 0.436. The number of hydrogen-bond acceptors (Lipinski definition) is 5. The van der Waals surface area contributed by atoms with Crippen LogP contribution in [0.4, 0.5) is 0 Å². The van der Waals surface area contributed by atoms with E-state index < -0.39 is 12.0 Å². The standard InChI is InChI=1S/C6H8N2O2S/c1-10-6(9)5(7)4-2-8-3-11-4/h2-3,5H,7H2,1H3. The van der Waals surface area contributed by atoms with Gasteiger partial charge in [0.05, 0.1) is 17.5 Å². The van der Waals surface area contributed by atoms with Gasteiger partial charge in [0.1, 0.15) is 6.04 Å². The third kappa shape index (κ3) is 1.75. The normalized spacial score (nSPS) is 12.5. The average molecular weight is 172 g/mol. The second kappa shape index (κ2) is 3.45.